The lowest BCUT2D eigenvalue weighted by Crippen LogP contribution is -2.26. The summed E-state index contributed by atoms with van der Waals surface area (Å²) in [5, 5.41) is 0. The van der Waals surface area contributed by atoms with Crippen LogP contribution >= 0.6 is 24.0 Å². The number of pyridine rings is 1. The molecule has 0 saturated carbocycles. The Balaban J connectivity index is 2.03. The molecule has 0 aliphatic carbocycles. The molecular weight excluding hydrogens is 274 g/mol. The Morgan fingerprint density at radius 1 is 1.42 bits per heavy atom. The van der Waals surface area contributed by atoms with Crippen molar-refractivity contribution in [3.05, 3.63) is 35.8 Å². The SMILES string of the molecule is CCN(CC)C(=S)SCc1cn2ccc(C)cc2n1. The molecule has 102 valence electrons. The van der Waals surface area contributed by atoms with E-state index < -0.39 is 0 Å². The zero-order chi connectivity index (χ0) is 13.8. The van der Waals surface area contributed by atoms with Gasteiger partial charge in [0.25, 0.3) is 0 Å². The third-order valence-corrected chi connectivity index (χ3v) is 4.59. The van der Waals surface area contributed by atoms with E-state index in [9.17, 15) is 0 Å². The quantitative estimate of drug-likeness (QED) is 0.804. The summed E-state index contributed by atoms with van der Waals surface area (Å²) in [6.07, 6.45) is 4.13. The maximum atomic E-state index is 5.43. The van der Waals surface area contributed by atoms with Gasteiger partial charge in [0.1, 0.15) is 9.97 Å². The molecule has 0 amide bonds. The number of nitrogens with zero attached hydrogens (tertiary/aromatic N) is 3. The van der Waals surface area contributed by atoms with Gasteiger partial charge in [-0.1, -0.05) is 24.0 Å². The normalized spacial score (nSPS) is 10.9. The fraction of sp³-hybridized carbons (Fsp3) is 0.429. The lowest BCUT2D eigenvalue weighted by molar-refractivity contribution is 0.482. The average Bonchev–Trinajstić information content (AvgIpc) is 2.79. The molecule has 2 rings (SSSR count). The van der Waals surface area contributed by atoms with Crippen LogP contribution in [0.2, 0.25) is 0 Å². The smallest absolute Gasteiger partial charge is 0.137 e. The number of rotatable bonds is 4. The van der Waals surface area contributed by atoms with E-state index in [0.717, 1.165) is 34.5 Å². The molecule has 0 saturated heterocycles. The lowest BCUT2D eigenvalue weighted by Gasteiger charge is -2.20. The number of aromatic nitrogens is 2. The second kappa shape index (κ2) is 6.39. The molecule has 0 aliphatic rings. The molecule has 2 aromatic heterocycles. The fourth-order valence-electron chi connectivity index (χ4n) is 1.91. The molecule has 2 aromatic rings. The summed E-state index contributed by atoms with van der Waals surface area (Å²) in [7, 11) is 0. The Morgan fingerprint density at radius 2 is 2.16 bits per heavy atom. The standard InChI is InChI=1S/C14H19N3S2/c1-4-16(5-2)14(18)19-10-12-9-17-7-6-11(3)8-13(17)15-12/h6-9H,4-5,10H2,1-3H3. The zero-order valence-corrected chi connectivity index (χ0v) is 13.2. The van der Waals surface area contributed by atoms with E-state index in [2.05, 4.69) is 59.6 Å². The summed E-state index contributed by atoms with van der Waals surface area (Å²) >= 11 is 7.12. The Bertz CT molecular complexity index is 573. The van der Waals surface area contributed by atoms with Crippen LogP contribution in [0.3, 0.4) is 0 Å². The Kier molecular flexibility index (Phi) is 4.82. The molecule has 0 unspecified atom stereocenters. The number of hydrogen-bond acceptors (Lipinski definition) is 3. The highest BCUT2D eigenvalue weighted by Gasteiger charge is 2.08. The Morgan fingerprint density at radius 3 is 2.84 bits per heavy atom. The fourth-order valence-corrected chi connectivity index (χ4v) is 3.20. The van der Waals surface area contributed by atoms with E-state index in [1.807, 2.05) is 0 Å². The number of thioether (sulfide) groups is 1. The van der Waals surface area contributed by atoms with Gasteiger partial charge in [-0.3, -0.25) is 0 Å². The predicted molar refractivity (Wildman–Crippen MR) is 86.7 cm³/mol. The van der Waals surface area contributed by atoms with Gasteiger partial charge in [0, 0.05) is 31.2 Å². The van der Waals surface area contributed by atoms with Crippen molar-refractivity contribution in [3.8, 4) is 0 Å². The monoisotopic (exact) mass is 293 g/mol. The minimum absolute atomic E-state index is 0.829. The number of thiocarbonyl (C=S) groups is 1. The zero-order valence-electron chi connectivity index (χ0n) is 11.6. The van der Waals surface area contributed by atoms with E-state index >= 15 is 0 Å². The van der Waals surface area contributed by atoms with Crippen molar-refractivity contribution >= 4 is 33.9 Å². The van der Waals surface area contributed by atoms with Crippen molar-refractivity contribution in [1.82, 2.24) is 14.3 Å². The van der Waals surface area contributed by atoms with Gasteiger partial charge >= 0.3 is 0 Å². The van der Waals surface area contributed by atoms with Gasteiger partial charge in [0.05, 0.1) is 5.69 Å². The largest absolute Gasteiger partial charge is 0.358 e. The van der Waals surface area contributed by atoms with E-state index in [4.69, 9.17) is 12.2 Å². The highest BCUT2D eigenvalue weighted by molar-refractivity contribution is 8.22. The van der Waals surface area contributed by atoms with Crippen LogP contribution in [0.5, 0.6) is 0 Å². The van der Waals surface area contributed by atoms with Gasteiger partial charge in [-0.2, -0.15) is 0 Å². The molecule has 0 aliphatic heterocycles. The van der Waals surface area contributed by atoms with Gasteiger partial charge in [-0.05, 0) is 38.5 Å². The van der Waals surface area contributed by atoms with Gasteiger partial charge in [-0.25, -0.2) is 4.98 Å². The van der Waals surface area contributed by atoms with E-state index in [0.29, 0.717) is 0 Å². The Labute approximate surface area is 124 Å². The number of aryl methyl sites for hydroxylation is 1. The third kappa shape index (κ3) is 3.48. The molecular formula is C14H19N3S2. The first-order valence-corrected chi connectivity index (χ1v) is 7.89. The summed E-state index contributed by atoms with van der Waals surface area (Å²) < 4.78 is 3.02. The first kappa shape index (κ1) is 14.3. The second-order valence-corrected chi connectivity index (χ2v) is 6.04. The van der Waals surface area contributed by atoms with Crippen LogP contribution in [0, 0.1) is 6.92 Å². The molecule has 0 atom stereocenters. The maximum absolute atomic E-state index is 5.43. The van der Waals surface area contributed by atoms with Gasteiger partial charge in [-0.15, -0.1) is 0 Å². The Hall–Kier alpha value is -1.07. The predicted octanol–water partition coefficient (Wildman–Crippen LogP) is 3.50. The summed E-state index contributed by atoms with van der Waals surface area (Å²) in [5.41, 5.74) is 3.31. The first-order valence-electron chi connectivity index (χ1n) is 6.50. The lowest BCUT2D eigenvalue weighted by atomic mass is 10.3. The van der Waals surface area contributed by atoms with Gasteiger partial charge < -0.3 is 9.30 Å². The van der Waals surface area contributed by atoms with Gasteiger partial charge in [0.2, 0.25) is 0 Å². The molecule has 19 heavy (non-hydrogen) atoms. The second-order valence-electron chi connectivity index (χ2n) is 4.43. The molecule has 0 N–H and O–H groups in total. The topological polar surface area (TPSA) is 20.5 Å². The molecule has 0 fully saturated rings. The molecule has 5 heteroatoms. The van der Waals surface area contributed by atoms with Crippen LogP contribution in [0.1, 0.15) is 25.1 Å². The van der Waals surface area contributed by atoms with E-state index in [-0.39, 0.29) is 0 Å². The number of fused-ring (bicyclic) bond motifs is 1. The van der Waals surface area contributed by atoms with Crippen molar-refractivity contribution in [1.29, 1.82) is 0 Å². The average molecular weight is 293 g/mol. The van der Waals surface area contributed by atoms with E-state index in [1.165, 1.54) is 5.56 Å². The summed E-state index contributed by atoms with van der Waals surface area (Å²) in [4.78, 5) is 6.81. The van der Waals surface area contributed by atoms with Crippen LogP contribution < -0.4 is 0 Å². The summed E-state index contributed by atoms with van der Waals surface area (Å²) in [6, 6.07) is 4.18. The molecule has 3 nitrogen and oxygen atoms in total. The van der Waals surface area contributed by atoms with Crippen LogP contribution in [0.25, 0.3) is 5.65 Å². The van der Waals surface area contributed by atoms with Crippen molar-refractivity contribution in [2.75, 3.05) is 13.1 Å². The van der Waals surface area contributed by atoms with Crippen molar-refractivity contribution in [2.24, 2.45) is 0 Å². The maximum Gasteiger partial charge on any atom is 0.137 e. The minimum Gasteiger partial charge on any atom is -0.358 e. The van der Waals surface area contributed by atoms with Crippen molar-refractivity contribution < 1.29 is 0 Å². The van der Waals surface area contributed by atoms with Crippen LogP contribution in [-0.2, 0) is 5.75 Å². The molecule has 0 aromatic carbocycles. The van der Waals surface area contributed by atoms with Crippen LogP contribution in [0.4, 0.5) is 0 Å². The molecule has 0 spiro atoms. The van der Waals surface area contributed by atoms with Gasteiger partial charge in [0.15, 0.2) is 0 Å². The first-order chi connectivity index (χ1) is 9.13. The van der Waals surface area contributed by atoms with Crippen molar-refractivity contribution in [3.63, 3.8) is 0 Å². The molecule has 0 radical (unpaired) electrons. The highest BCUT2D eigenvalue weighted by Crippen LogP contribution is 2.17. The summed E-state index contributed by atoms with van der Waals surface area (Å²) in [5.74, 6) is 0.829. The third-order valence-electron chi connectivity index (χ3n) is 3.03. The van der Waals surface area contributed by atoms with Crippen LogP contribution in [-0.4, -0.2) is 31.7 Å². The molecule has 0 bridgehead atoms. The minimum atomic E-state index is 0.829. The number of imidazole rings is 1. The number of hydrogen-bond donors (Lipinski definition) is 0. The van der Waals surface area contributed by atoms with E-state index in [1.54, 1.807) is 11.8 Å². The summed E-state index contributed by atoms with van der Waals surface area (Å²) in [6.45, 7) is 8.27. The highest BCUT2D eigenvalue weighted by atomic mass is 32.2. The van der Waals surface area contributed by atoms with Crippen molar-refractivity contribution in [2.45, 2.75) is 26.5 Å². The van der Waals surface area contributed by atoms with Crippen LogP contribution in [0.15, 0.2) is 24.5 Å². The molecule has 2 heterocycles.